The smallest absolute Gasteiger partial charge is 0.271 e. The molecule has 7 nitrogen and oxygen atoms in total. The van der Waals surface area contributed by atoms with Gasteiger partial charge in [0.1, 0.15) is 0 Å². The highest BCUT2D eigenvalue weighted by molar-refractivity contribution is 7.07. The fraction of sp³-hybridized carbons (Fsp3) is 0.0667. The van der Waals surface area contributed by atoms with E-state index in [2.05, 4.69) is 15.5 Å². The van der Waals surface area contributed by atoms with Gasteiger partial charge in [-0.15, -0.1) is 0 Å². The van der Waals surface area contributed by atoms with Crippen LogP contribution in [0.25, 0.3) is 17.3 Å². The fourth-order valence-corrected chi connectivity index (χ4v) is 5.98. The van der Waals surface area contributed by atoms with Crippen molar-refractivity contribution in [3.8, 4) is 11.3 Å². The third-order valence-corrected chi connectivity index (χ3v) is 7.84. The zero-order chi connectivity index (χ0) is 26.9. The Morgan fingerprint density at radius 2 is 1.72 bits per heavy atom. The monoisotopic (exact) mass is 551 g/mol. The van der Waals surface area contributed by atoms with Crippen molar-refractivity contribution >= 4 is 40.6 Å². The van der Waals surface area contributed by atoms with Crippen LogP contribution in [0.5, 0.6) is 0 Å². The zero-order valence-electron chi connectivity index (χ0n) is 20.8. The van der Waals surface area contributed by atoms with Crippen LogP contribution in [0, 0.1) is 0 Å². The minimum atomic E-state index is -0.751. The molecule has 0 radical (unpaired) electrons. The highest BCUT2D eigenvalue weighted by Crippen LogP contribution is 2.34. The molecule has 3 aromatic carbocycles. The summed E-state index contributed by atoms with van der Waals surface area (Å²) in [5, 5.41) is 10.6. The number of anilines is 1. The second-order valence-corrected chi connectivity index (χ2v) is 10.4. The van der Waals surface area contributed by atoms with Crippen molar-refractivity contribution in [2.75, 3.05) is 5.32 Å². The van der Waals surface area contributed by atoms with E-state index in [1.54, 1.807) is 23.8 Å². The van der Waals surface area contributed by atoms with Gasteiger partial charge in [-0.3, -0.25) is 19.3 Å². The van der Waals surface area contributed by atoms with Crippen LogP contribution in [0.1, 0.15) is 24.1 Å². The van der Waals surface area contributed by atoms with Crippen molar-refractivity contribution in [2.45, 2.75) is 13.0 Å². The molecule has 5 aromatic rings. The van der Waals surface area contributed by atoms with Crippen LogP contribution in [-0.2, 0) is 4.79 Å². The molecule has 39 heavy (non-hydrogen) atoms. The van der Waals surface area contributed by atoms with Gasteiger partial charge in [0, 0.05) is 21.8 Å². The van der Waals surface area contributed by atoms with E-state index in [0.717, 1.165) is 16.8 Å². The third-order valence-electron chi connectivity index (χ3n) is 6.52. The molecular weight excluding hydrogens is 530 g/mol. The van der Waals surface area contributed by atoms with Crippen LogP contribution < -0.4 is 20.2 Å². The SMILES string of the molecule is CC1=C(C(=O)Nc2ccccc2)[C@H](c2ccccc2Cl)n2c(sc(=Cc3cn[nH]c3-c3ccccc3)c2=O)=N1. The van der Waals surface area contributed by atoms with Crippen LogP contribution >= 0.6 is 22.9 Å². The lowest BCUT2D eigenvalue weighted by Gasteiger charge is -2.26. The molecule has 1 atom stereocenters. The summed E-state index contributed by atoms with van der Waals surface area (Å²) in [5.41, 5.74) is 4.45. The van der Waals surface area contributed by atoms with E-state index in [4.69, 9.17) is 16.6 Å². The summed E-state index contributed by atoms with van der Waals surface area (Å²) in [6.45, 7) is 1.78. The van der Waals surface area contributed by atoms with Gasteiger partial charge in [-0.1, -0.05) is 89.7 Å². The predicted octanol–water partition coefficient (Wildman–Crippen LogP) is 4.92. The molecular formula is C30H22ClN5O2S. The molecule has 9 heteroatoms. The Morgan fingerprint density at radius 3 is 2.46 bits per heavy atom. The van der Waals surface area contributed by atoms with Gasteiger partial charge in [0.05, 0.1) is 33.7 Å². The van der Waals surface area contributed by atoms with E-state index in [0.29, 0.717) is 36.9 Å². The van der Waals surface area contributed by atoms with Crippen molar-refractivity contribution in [3.05, 3.63) is 138 Å². The number of allylic oxidation sites excluding steroid dienone is 1. The van der Waals surface area contributed by atoms with E-state index in [1.165, 1.54) is 11.3 Å². The number of amides is 1. The Kier molecular flexibility index (Phi) is 6.56. The number of aromatic amines is 1. The minimum absolute atomic E-state index is 0.263. The number of nitrogens with one attached hydrogen (secondary N) is 2. The van der Waals surface area contributed by atoms with Crippen LogP contribution in [-0.4, -0.2) is 20.7 Å². The largest absolute Gasteiger partial charge is 0.322 e. The minimum Gasteiger partial charge on any atom is -0.322 e. The molecule has 0 spiro atoms. The molecule has 0 saturated heterocycles. The van der Waals surface area contributed by atoms with Gasteiger partial charge in [0.15, 0.2) is 4.80 Å². The van der Waals surface area contributed by atoms with E-state index in [-0.39, 0.29) is 11.5 Å². The average molecular weight is 552 g/mol. The zero-order valence-corrected chi connectivity index (χ0v) is 22.3. The number of carbonyl (C=O) groups excluding carboxylic acids is 1. The fourth-order valence-electron chi connectivity index (χ4n) is 4.71. The van der Waals surface area contributed by atoms with Crippen molar-refractivity contribution in [1.29, 1.82) is 0 Å². The molecule has 0 bridgehead atoms. The van der Waals surface area contributed by atoms with Crippen molar-refractivity contribution in [1.82, 2.24) is 14.8 Å². The van der Waals surface area contributed by atoms with E-state index < -0.39 is 6.04 Å². The van der Waals surface area contributed by atoms with Gasteiger partial charge in [-0.25, -0.2) is 4.99 Å². The number of hydrogen-bond acceptors (Lipinski definition) is 5. The maximum Gasteiger partial charge on any atom is 0.271 e. The average Bonchev–Trinajstić information content (AvgIpc) is 3.53. The number of thiazole rings is 1. The topological polar surface area (TPSA) is 92.1 Å². The van der Waals surface area contributed by atoms with Gasteiger partial charge in [-0.2, -0.15) is 5.10 Å². The number of fused-ring (bicyclic) bond motifs is 1. The number of para-hydroxylation sites is 1. The molecule has 6 rings (SSSR count). The summed E-state index contributed by atoms with van der Waals surface area (Å²) in [6.07, 6.45) is 3.50. The third kappa shape index (κ3) is 4.65. The standard InChI is InChI=1S/C30H22ClN5O2S/c1-18-25(28(37)34-21-12-6-3-7-13-21)27(22-14-8-9-15-23(22)31)36-29(38)24(39-30(36)33-18)16-20-17-32-35-26(20)19-10-4-2-5-11-19/h2-17,27H,1H3,(H,32,35)(H,34,37)/t27-/m0/s1. The molecule has 1 amide bonds. The molecule has 0 unspecified atom stereocenters. The lowest BCUT2D eigenvalue weighted by Crippen LogP contribution is -2.40. The molecule has 0 saturated carbocycles. The molecule has 3 heterocycles. The second kappa shape index (κ2) is 10.3. The molecule has 0 fully saturated rings. The van der Waals surface area contributed by atoms with Gasteiger partial charge in [0.2, 0.25) is 0 Å². The first kappa shape index (κ1) is 24.8. The lowest BCUT2D eigenvalue weighted by molar-refractivity contribution is -0.113. The molecule has 0 aliphatic carbocycles. The van der Waals surface area contributed by atoms with Gasteiger partial charge in [0.25, 0.3) is 11.5 Å². The Morgan fingerprint density at radius 1 is 1.03 bits per heavy atom. The van der Waals surface area contributed by atoms with Crippen LogP contribution in [0.3, 0.4) is 0 Å². The summed E-state index contributed by atoms with van der Waals surface area (Å²) < 4.78 is 2.04. The maximum absolute atomic E-state index is 14.0. The number of nitrogens with zero attached hydrogens (tertiary/aromatic N) is 3. The Balaban J connectivity index is 1.51. The molecule has 2 aromatic heterocycles. The Hall–Kier alpha value is -4.53. The number of H-pyrrole nitrogens is 1. The van der Waals surface area contributed by atoms with Crippen molar-refractivity contribution < 1.29 is 4.79 Å². The van der Waals surface area contributed by atoms with E-state index >= 15 is 0 Å². The summed E-state index contributed by atoms with van der Waals surface area (Å²) >= 11 is 7.92. The Labute approximate surface area is 232 Å². The van der Waals surface area contributed by atoms with Crippen LogP contribution in [0.2, 0.25) is 5.02 Å². The summed E-state index contributed by atoms with van der Waals surface area (Å²) in [7, 11) is 0. The number of halogens is 1. The normalized spacial score (nSPS) is 15.1. The lowest BCUT2D eigenvalue weighted by atomic mass is 9.95. The van der Waals surface area contributed by atoms with Crippen LogP contribution in [0.15, 0.2) is 112 Å². The van der Waals surface area contributed by atoms with E-state index in [1.807, 2.05) is 84.9 Å². The summed E-state index contributed by atoms with van der Waals surface area (Å²) in [5.74, 6) is -0.345. The number of rotatable bonds is 5. The first-order valence-electron chi connectivity index (χ1n) is 12.2. The summed E-state index contributed by atoms with van der Waals surface area (Å²) in [4.78, 5) is 32.8. The number of aromatic nitrogens is 3. The van der Waals surface area contributed by atoms with E-state index in [9.17, 15) is 9.59 Å². The quantitative estimate of drug-likeness (QED) is 0.325. The van der Waals surface area contributed by atoms with Gasteiger partial charge >= 0.3 is 0 Å². The molecule has 1 aliphatic heterocycles. The number of carbonyl (C=O) groups is 1. The van der Waals surface area contributed by atoms with Crippen LogP contribution in [0.4, 0.5) is 5.69 Å². The van der Waals surface area contributed by atoms with Gasteiger partial charge in [-0.05, 0) is 36.8 Å². The predicted molar refractivity (Wildman–Crippen MR) is 154 cm³/mol. The number of hydrogen-bond donors (Lipinski definition) is 2. The first-order chi connectivity index (χ1) is 19.0. The molecule has 192 valence electrons. The molecule has 2 N–H and O–H groups in total. The highest BCUT2D eigenvalue weighted by Gasteiger charge is 2.33. The summed E-state index contributed by atoms with van der Waals surface area (Å²) in [6, 6.07) is 25.5. The van der Waals surface area contributed by atoms with Crippen molar-refractivity contribution in [2.24, 2.45) is 4.99 Å². The first-order valence-corrected chi connectivity index (χ1v) is 13.4. The number of benzene rings is 3. The van der Waals surface area contributed by atoms with Gasteiger partial charge < -0.3 is 5.32 Å². The maximum atomic E-state index is 14.0. The second-order valence-electron chi connectivity index (χ2n) is 8.99. The van der Waals surface area contributed by atoms with Crippen molar-refractivity contribution in [3.63, 3.8) is 0 Å². The molecule has 1 aliphatic rings. The Bertz CT molecular complexity index is 1910. The highest BCUT2D eigenvalue weighted by atomic mass is 35.5.